The molecule has 1 N–H and O–H groups in total. The summed E-state index contributed by atoms with van der Waals surface area (Å²) in [6, 6.07) is 9.75. The zero-order chi connectivity index (χ0) is 10.5. The second kappa shape index (κ2) is 4.60. The number of allylic oxidation sites excluding steroid dienone is 3. The van der Waals surface area contributed by atoms with E-state index in [0.29, 0.717) is 6.42 Å². The van der Waals surface area contributed by atoms with E-state index in [0.717, 1.165) is 17.7 Å². The smallest absolute Gasteiger partial charge is 0.228 e. The standard InChI is InChI=1S/C13H13NO/c15-13(14-12-8-4-5-9-12)10-11-6-2-1-3-7-11/h1-8H,9-10H2,(H,14,15). The van der Waals surface area contributed by atoms with Gasteiger partial charge in [0.15, 0.2) is 0 Å². The van der Waals surface area contributed by atoms with Crippen LogP contribution < -0.4 is 5.32 Å². The Hall–Kier alpha value is -1.83. The average molecular weight is 199 g/mol. The molecule has 1 aromatic rings. The molecule has 1 aromatic carbocycles. The third-order valence-corrected chi connectivity index (χ3v) is 2.28. The second-order valence-electron chi connectivity index (χ2n) is 3.53. The van der Waals surface area contributed by atoms with Crippen molar-refractivity contribution in [3.63, 3.8) is 0 Å². The van der Waals surface area contributed by atoms with Gasteiger partial charge < -0.3 is 5.32 Å². The van der Waals surface area contributed by atoms with Crippen molar-refractivity contribution in [1.82, 2.24) is 5.32 Å². The Morgan fingerprint density at radius 1 is 1.27 bits per heavy atom. The van der Waals surface area contributed by atoms with Crippen molar-refractivity contribution in [2.75, 3.05) is 0 Å². The van der Waals surface area contributed by atoms with Crippen molar-refractivity contribution < 1.29 is 4.79 Å². The van der Waals surface area contributed by atoms with Gasteiger partial charge in [0.1, 0.15) is 0 Å². The van der Waals surface area contributed by atoms with E-state index in [1.165, 1.54) is 0 Å². The molecule has 2 heteroatoms. The maximum absolute atomic E-state index is 11.6. The van der Waals surface area contributed by atoms with Crippen molar-refractivity contribution in [3.8, 4) is 0 Å². The SMILES string of the molecule is O=C(Cc1ccccc1)NC1=CC=CC1. The number of rotatable bonds is 3. The molecule has 0 radical (unpaired) electrons. The Labute approximate surface area is 89.3 Å². The van der Waals surface area contributed by atoms with Crippen molar-refractivity contribution in [2.24, 2.45) is 0 Å². The Morgan fingerprint density at radius 2 is 2.07 bits per heavy atom. The molecular weight excluding hydrogens is 186 g/mol. The fraction of sp³-hybridized carbons (Fsp3) is 0.154. The monoisotopic (exact) mass is 199 g/mol. The average Bonchev–Trinajstić information content (AvgIpc) is 2.71. The number of hydrogen-bond acceptors (Lipinski definition) is 1. The van der Waals surface area contributed by atoms with Crippen LogP contribution in [0.5, 0.6) is 0 Å². The van der Waals surface area contributed by atoms with Gasteiger partial charge in [0, 0.05) is 12.1 Å². The molecular formula is C13H13NO. The van der Waals surface area contributed by atoms with Crippen LogP contribution in [0.4, 0.5) is 0 Å². The number of carbonyl (C=O) groups excluding carboxylic acids is 1. The Morgan fingerprint density at radius 3 is 2.73 bits per heavy atom. The number of amides is 1. The van der Waals surface area contributed by atoms with Crippen LogP contribution in [0.25, 0.3) is 0 Å². The summed E-state index contributed by atoms with van der Waals surface area (Å²) in [5, 5.41) is 2.89. The first-order valence-corrected chi connectivity index (χ1v) is 5.04. The summed E-state index contributed by atoms with van der Waals surface area (Å²) in [6.45, 7) is 0. The van der Waals surface area contributed by atoms with Gasteiger partial charge in [-0.25, -0.2) is 0 Å². The van der Waals surface area contributed by atoms with Crippen molar-refractivity contribution in [1.29, 1.82) is 0 Å². The Bertz CT molecular complexity index is 404. The van der Waals surface area contributed by atoms with Gasteiger partial charge in [0.05, 0.1) is 6.42 Å². The minimum atomic E-state index is 0.0520. The summed E-state index contributed by atoms with van der Waals surface area (Å²) in [6.07, 6.45) is 7.19. The Kier molecular flexibility index (Phi) is 2.98. The molecule has 0 atom stereocenters. The van der Waals surface area contributed by atoms with Crippen LogP contribution >= 0.6 is 0 Å². The summed E-state index contributed by atoms with van der Waals surface area (Å²) in [5.41, 5.74) is 2.03. The van der Waals surface area contributed by atoms with Crippen LogP contribution in [-0.2, 0) is 11.2 Å². The third kappa shape index (κ3) is 2.81. The molecule has 0 fully saturated rings. The molecule has 1 amide bonds. The lowest BCUT2D eigenvalue weighted by atomic mass is 10.1. The molecule has 0 heterocycles. The normalized spacial score (nSPS) is 13.7. The highest BCUT2D eigenvalue weighted by Crippen LogP contribution is 2.07. The minimum absolute atomic E-state index is 0.0520. The molecule has 0 aliphatic heterocycles. The Balaban J connectivity index is 1.88. The molecule has 76 valence electrons. The van der Waals surface area contributed by atoms with E-state index in [1.807, 2.05) is 48.6 Å². The summed E-state index contributed by atoms with van der Waals surface area (Å²) in [4.78, 5) is 11.6. The lowest BCUT2D eigenvalue weighted by Gasteiger charge is -2.05. The van der Waals surface area contributed by atoms with E-state index in [-0.39, 0.29) is 5.91 Å². The predicted octanol–water partition coefficient (Wildman–Crippen LogP) is 2.19. The minimum Gasteiger partial charge on any atom is -0.329 e. The molecule has 1 aliphatic rings. The van der Waals surface area contributed by atoms with E-state index in [2.05, 4.69) is 5.32 Å². The van der Waals surface area contributed by atoms with Gasteiger partial charge in [-0.3, -0.25) is 4.79 Å². The number of benzene rings is 1. The highest BCUT2D eigenvalue weighted by atomic mass is 16.1. The largest absolute Gasteiger partial charge is 0.329 e. The van der Waals surface area contributed by atoms with Gasteiger partial charge in [0.25, 0.3) is 0 Å². The quantitative estimate of drug-likeness (QED) is 0.794. The zero-order valence-corrected chi connectivity index (χ0v) is 8.44. The fourth-order valence-corrected chi connectivity index (χ4v) is 1.54. The first-order chi connectivity index (χ1) is 7.34. The van der Waals surface area contributed by atoms with Crippen LogP contribution in [0.15, 0.2) is 54.3 Å². The topological polar surface area (TPSA) is 29.1 Å². The second-order valence-corrected chi connectivity index (χ2v) is 3.53. The molecule has 0 unspecified atom stereocenters. The predicted molar refractivity (Wildman–Crippen MR) is 60.1 cm³/mol. The molecule has 0 saturated carbocycles. The lowest BCUT2D eigenvalue weighted by molar-refractivity contribution is -0.119. The molecule has 0 saturated heterocycles. The van der Waals surface area contributed by atoms with Gasteiger partial charge >= 0.3 is 0 Å². The molecule has 0 bridgehead atoms. The first kappa shape index (κ1) is 9.71. The zero-order valence-electron chi connectivity index (χ0n) is 8.44. The lowest BCUT2D eigenvalue weighted by Crippen LogP contribution is -2.23. The van der Waals surface area contributed by atoms with Gasteiger partial charge in [-0.2, -0.15) is 0 Å². The summed E-state index contributed by atoms with van der Waals surface area (Å²) < 4.78 is 0. The number of carbonyl (C=O) groups is 1. The van der Waals surface area contributed by atoms with Crippen LogP contribution in [0, 0.1) is 0 Å². The van der Waals surface area contributed by atoms with Gasteiger partial charge in [0.2, 0.25) is 5.91 Å². The molecule has 0 aromatic heterocycles. The highest BCUT2D eigenvalue weighted by molar-refractivity contribution is 5.80. The van der Waals surface area contributed by atoms with E-state index in [1.54, 1.807) is 0 Å². The summed E-state index contributed by atoms with van der Waals surface area (Å²) >= 11 is 0. The van der Waals surface area contributed by atoms with Crippen molar-refractivity contribution >= 4 is 5.91 Å². The van der Waals surface area contributed by atoms with Crippen LogP contribution in [0.1, 0.15) is 12.0 Å². The summed E-state index contributed by atoms with van der Waals surface area (Å²) in [5.74, 6) is 0.0520. The van der Waals surface area contributed by atoms with Crippen molar-refractivity contribution in [2.45, 2.75) is 12.8 Å². The van der Waals surface area contributed by atoms with E-state index >= 15 is 0 Å². The highest BCUT2D eigenvalue weighted by Gasteiger charge is 2.05. The van der Waals surface area contributed by atoms with Crippen LogP contribution in [-0.4, -0.2) is 5.91 Å². The van der Waals surface area contributed by atoms with Crippen LogP contribution in [0.3, 0.4) is 0 Å². The van der Waals surface area contributed by atoms with Gasteiger partial charge in [-0.15, -0.1) is 0 Å². The third-order valence-electron chi connectivity index (χ3n) is 2.28. The number of hydrogen-bond donors (Lipinski definition) is 1. The maximum atomic E-state index is 11.6. The molecule has 0 spiro atoms. The molecule has 2 rings (SSSR count). The van der Waals surface area contributed by atoms with E-state index in [9.17, 15) is 4.79 Å². The molecule has 2 nitrogen and oxygen atoms in total. The number of nitrogens with one attached hydrogen (secondary N) is 1. The maximum Gasteiger partial charge on any atom is 0.228 e. The molecule has 15 heavy (non-hydrogen) atoms. The van der Waals surface area contributed by atoms with Gasteiger partial charge in [-0.05, 0) is 11.6 Å². The van der Waals surface area contributed by atoms with Crippen LogP contribution in [0.2, 0.25) is 0 Å². The fourth-order valence-electron chi connectivity index (χ4n) is 1.54. The summed E-state index contributed by atoms with van der Waals surface area (Å²) in [7, 11) is 0. The van der Waals surface area contributed by atoms with E-state index in [4.69, 9.17) is 0 Å². The first-order valence-electron chi connectivity index (χ1n) is 5.04. The van der Waals surface area contributed by atoms with E-state index < -0.39 is 0 Å². The molecule has 1 aliphatic carbocycles. The van der Waals surface area contributed by atoms with Gasteiger partial charge in [-0.1, -0.05) is 42.5 Å². The van der Waals surface area contributed by atoms with Crippen molar-refractivity contribution in [3.05, 3.63) is 59.8 Å².